The lowest BCUT2D eigenvalue weighted by Gasteiger charge is -2.10. The molecule has 0 saturated carbocycles. The third-order valence-electron chi connectivity index (χ3n) is 3.14. The van der Waals surface area contributed by atoms with Gasteiger partial charge < -0.3 is 14.2 Å². The summed E-state index contributed by atoms with van der Waals surface area (Å²) < 4.78 is 10.5. The number of thioether (sulfide) groups is 1. The van der Waals surface area contributed by atoms with Gasteiger partial charge in [0.2, 0.25) is 5.89 Å². The topological polar surface area (TPSA) is 76.8 Å². The fourth-order valence-electron chi connectivity index (χ4n) is 1.91. The maximum atomic E-state index is 5.28. The van der Waals surface area contributed by atoms with Crippen molar-refractivity contribution in [2.75, 3.05) is 7.11 Å². The zero-order chi connectivity index (χ0) is 15.7. The number of hydrogen-bond donors (Lipinski definition) is 1. The van der Waals surface area contributed by atoms with E-state index in [1.807, 2.05) is 18.2 Å². The van der Waals surface area contributed by atoms with Crippen LogP contribution in [-0.4, -0.2) is 27.2 Å². The molecule has 0 radical (unpaired) electrons. The predicted molar refractivity (Wildman–Crippen MR) is 85.2 cm³/mol. The smallest absolute Gasteiger partial charge is 0.237 e. The normalized spacial score (nSPS) is 12.0. The van der Waals surface area contributed by atoms with Gasteiger partial charge in [-0.25, -0.2) is 4.98 Å². The summed E-state index contributed by atoms with van der Waals surface area (Å²) in [4.78, 5) is 12.2. The second-order valence-corrected chi connectivity index (χ2v) is 6.94. The number of aromatic amines is 1. The molecule has 22 heavy (non-hydrogen) atoms. The Morgan fingerprint density at radius 3 is 2.77 bits per heavy atom. The van der Waals surface area contributed by atoms with Crippen molar-refractivity contribution in [3.8, 4) is 5.75 Å². The van der Waals surface area contributed by atoms with Gasteiger partial charge in [-0.15, -0.1) is 0 Å². The number of nitrogens with zero attached hydrogens (tertiary/aromatic N) is 3. The molecule has 0 aliphatic carbocycles. The van der Waals surface area contributed by atoms with Gasteiger partial charge in [-0.1, -0.05) is 37.7 Å². The van der Waals surface area contributed by atoms with Crippen molar-refractivity contribution in [1.82, 2.24) is 20.1 Å². The van der Waals surface area contributed by atoms with Gasteiger partial charge in [0.15, 0.2) is 11.0 Å². The lowest BCUT2D eigenvalue weighted by molar-refractivity contribution is 0.373. The Morgan fingerprint density at radius 1 is 1.27 bits per heavy atom. The standard InChI is InChI=1S/C15H18N4O2S/c1-15(2,3)13-18-12(21-19-13)8-22-14-16-10-6-5-9(20-4)7-11(10)17-14/h5-7H,8H2,1-4H3,(H,16,17). The van der Waals surface area contributed by atoms with Crippen LogP contribution in [0.15, 0.2) is 27.9 Å². The van der Waals surface area contributed by atoms with E-state index in [2.05, 4.69) is 40.9 Å². The second kappa shape index (κ2) is 5.64. The third-order valence-corrected chi connectivity index (χ3v) is 4.00. The lowest BCUT2D eigenvalue weighted by atomic mass is 9.96. The van der Waals surface area contributed by atoms with E-state index in [0.29, 0.717) is 11.6 Å². The molecule has 3 rings (SSSR count). The zero-order valence-corrected chi connectivity index (χ0v) is 13.8. The van der Waals surface area contributed by atoms with Gasteiger partial charge in [0.25, 0.3) is 0 Å². The van der Waals surface area contributed by atoms with Crippen molar-refractivity contribution in [2.45, 2.75) is 37.1 Å². The quantitative estimate of drug-likeness (QED) is 0.741. The van der Waals surface area contributed by atoms with E-state index < -0.39 is 0 Å². The monoisotopic (exact) mass is 318 g/mol. The Balaban J connectivity index is 1.72. The highest BCUT2D eigenvalue weighted by Crippen LogP contribution is 2.26. The van der Waals surface area contributed by atoms with Crippen molar-refractivity contribution in [1.29, 1.82) is 0 Å². The molecule has 3 aromatic rings. The van der Waals surface area contributed by atoms with E-state index in [0.717, 1.165) is 27.8 Å². The van der Waals surface area contributed by atoms with Gasteiger partial charge in [-0.05, 0) is 12.1 Å². The fourth-order valence-corrected chi connectivity index (χ4v) is 2.63. The van der Waals surface area contributed by atoms with Crippen LogP contribution in [-0.2, 0) is 11.2 Å². The highest BCUT2D eigenvalue weighted by Gasteiger charge is 2.21. The molecule has 6 nitrogen and oxygen atoms in total. The first-order valence-corrected chi connectivity index (χ1v) is 7.94. The molecule has 0 fully saturated rings. The van der Waals surface area contributed by atoms with E-state index in [4.69, 9.17) is 9.26 Å². The Bertz CT molecular complexity index is 788. The highest BCUT2D eigenvalue weighted by molar-refractivity contribution is 7.98. The van der Waals surface area contributed by atoms with Gasteiger partial charge in [0.1, 0.15) is 5.75 Å². The molecule has 0 saturated heterocycles. The van der Waals surface area contributed by atoms with E-state index in [-0.39, 0.29) is 5.41 Å². The van der Waals surface area contributed by atoms with Crippen LogP contribution in [0.3, 0.4) is 0 Å². The molecule has 0 atom stereocenters. The number of benzene rings is 1. The molecule has 1 aromatic carbocycles. The summed E-state index contributed by atoms with van der Waals surface area (Å²) in [6, 6.07) is 5.75. The Kier molecular flexibility index (Phi) is 3.82. The minimum Gasteiger partial charge on any atom is -0.497 e. The third kappa shape index (κ3) is 3.09. The first-order chi connectivity index (χ1) is 10.5. The number of fused-ring (bicyclic) bond motifs is 1. The van der Waals surface area contributed by atoms with Crippen LogP contribution in [0.1, 0.15) is 32.5 Å². The molecule has 116 valence electrons. The Labute approximate surface area is 132 Å². The second-order valence-electron chi connectivity index (χ2n) is 5.98. The van der Waals surface area contributed by atoms with E-state index in [1.54, 1.807) is 7.11 Å². The number of rotatable bonds is 4. The molecule has 0 unspecified atom stereocenters. The molecule has 2 heterocycles. The molecule has 0 bridgehead atoms. The maximum absolute atomic E-state index is 5.28. The average molecular weight is 318 g/mol. The first kappa shape index (κ1) is 14.9. The molecule has 0 amide bonds. The minimum absolute atomic E-state index is 0.109. The molecule has 7 heteroatoms. The number of hydrogen-bond acceptors (Lipinski definition) is 6. The van der Waals surface area contributed by atoms with Crippen molar-refractivity contribution in [3.05, 3.63) is 29.9 Å². The summed E-state index contributed by atoms with van der Waals surface area (Å²) >= 11 is 1.53. The summed E-state index contributed by atoms with van der Waals surface area (Å²) in [7, 11) is 1.65. The van der Waals surface area contributed by atoms with Crippen LogP contribution in [0.5, 0.6) is 5.75 Å². The number of methoxy groups -OCH3 is 1. The van der Waals surface area contributed by atoms with Gasteiger partial charge in [-0.2, -0.15) is 4.98 Å². The van der Waals surface area contributed by atoms with Crippen LogP contribution >= 0.6 is 11.8 Å². The molecule has 0 aliphatic heterocycles. The summed E-state index contributed by atoms with van der Waals surface area (Å²) in [6.07, 6.45) is 0. The number of H-pyrrole nitrogens is 1. The van der Waals surface area contributed by atoms with E-state index in [1.165, 1.54) is 11.8 Å². The molecule has 0 spiro atoms. The SMILES string of the molecule is COc1ccc2nc(SCc3nc(C(C)(C)C)no3)[nH]c2c1. The molecule has 0 aliphatic rings. The average Bonchev–Trinajstić information content (AvgIpc) is 3.10. The first-order valence-electron chi connectivity index (χ1n) is 6.95. The summed E-state index contributed by atoms with van der Waals surface area (Å²) in [5, 5.41) is 4.84. The lowest BCUT2D eigenvalue weighted by Crippen LogP contribution is -2.13. The maximum Gasteiger partial charge on any atom is 0.237 e. The molecular weight excluding hydrogens is 300 g/mol. The summed E-state index contributed by atoms with van der Waals surface area (Å²) in [5.74, 6) is 2.71. The van der Waals surface area contributed by atoms with Crippen molar-refractivity contribution in [2.24, 2.45) is 0 Å². The van der Waals surface area contributed by atoms with Gasteiger partial charge in [0, 0.05) is 11.5 Å². The van der Waals surface area contributed by atoms with Crippen LogP contribution in [0, 0.1) is 0 Å². The summed E-state index contributed by atoms with van der Waals surface area (Å²) in [5.41, 5.74) is 1.74. The van der Waals surface area contributed by atoms with Crippen LogP contribution in [0.2, 0.25) is 0 Å². The zero-order valence-electron chi connectivity index (χ0n) is 13.0. The summed E-state index contributed by atoms with van der Waals surface area (Å²) in [6.45, 7) is 6.17. The van der Waals surface area contributed by atoms with Gasteiger partial charge >= 0.3 is 0 Å². The number of ether oxygens (including phenoxy) is 1. The molecule has 1 N–H and O–H groups in total. The molecular formula is C15H18N4O2S. The van der Waals surface area contributed by atoms with Crippen molar-refractivity contribution < 1.29 is 9.26 Å². The van der Waals surface area contributed by atoms with Gasteiger partial charge in [0.05, 0.1) is 23.9 Å². The minimum atomic E-state index is -0.109. The van der Waals surface area contributed by atoms with Crippen molar-refractivity contribution >= 4 is 22.8 Å². The number of nitrogens with one attached hydrogen (secondary N) is 1. The Hall–Kier alpha value is -2.02. The van der Waals surface area contributed by atoms with E-state index in [9.17, 15) is 0 Å². The highest BCUT2D eigenvalue weighted by atomic mass is 32.2. The fraction of sp³-hybridized carbons (Fsp3) is 0.400. The number of aromatic nitrogens is 4. The van der Waals surface area contributed by atoms with Crippen LogP contribution in [0.25, 0.3) is 11.0 Å². The van der Waals surface area contributed by atoms with Crippen LogP contribution in [0.4, 0.5) is 0 Å². The Morgan fingerprint density at radius 2 is 2.09 bits per heavy atom. The van der Waals surface area contributed by atoms with Crippen LogP contribution < -0.4 is 4.74 Å². The van der Waals surface area contributed by atoms with E-state index >= 15 is 0 Å². The molecule has 2 aromatic heterocycles. The van der Waals surface area contributed by atoms with Gasteiger partial charge in [-0.3, -0.25) is 0 Å². The number of imidazole rings is 1. The largest absolute Gasteiger partial charge is 0.497 e. The predicted octanol–water partition coefficient (Wildman–Crippen LogP) is 3.54. The van der Waals surface area contributed by atoms with Crippen molar-refractivity contribution in [3.63, 3.8) is 0 Å².